The van der Waals surface area contributed by atoms with Crippen LogP contribution in [0, 0.1) is 0 Å². The van der Waals surface area contributed by atoms with E-state index in [4.69, 9.17) is 39.5 Å². The summed E-state index contributed by atoms with van der Waals surface area (Å²) in [4.78, 5) is 41.6. The largest absolute Gasteiger partial charge is 0.464 e. The van der Waals surface area contributed by atoms with Crippen molar-refractivity contribution in [2.75, 3.05) is 11.9 Å². The topological polar surface area (TPSA) is 97.4 Å². The lowest BCUT2D eigenvalue weighted by Gasteiger charge is -2.18. The molecule has 1 atom stereocenters. The van der Waals surface area contributed by atoms with Gasteiger partial charge in [0.2, 0.25) is 0 Å². The van der Waals surface area contributed by atoms with Gasteiger partial charge >= 0.3 is 5.97 Å². The van der Waals surface area contributed by atoms with Crippen molar-refractivity contribution in [3.05, 3.63) is 92.7 Å². The Morgan fingerprint density at radius 1 is 0.941 bits per heavy atom. The van der Waals surface area contributed by atoms with Gasteiger partial charge in [-0.3, -0.25) is 9.59 Å². The predicted octanol–water partition coefficient (Wildman–Crippen LogP) is 5.20. The molecule has 0 radical (unpaired) electrons. The van der Waals surface area contributed by atoms with Gasteiger partial charge in [0, 0.05) is 18.2 Å². The highest BCUT2D eigenvalue weighted by Crippen LogP contribution is 2.30. The first-order chi connectivity index (χ1) is 16.3. The number of carbonyl (C=O) groups excluding carboxylic acids is 3. The summed E-state index contributed by atoms with van der Waals surface area (Å²) in [7, 11) is 0. The summed E-state index contributed by atoms with van der Waals surface area (Å²) in [5.41, 5.74) is 1.52. The number of nitrogens with zero attached hydrogens (tertiary/aromatic N) is 1. The third-order valence-electron chi connectivity index (χ3n) is 4.74. The van der Waals surface area contributed by atoms with Gasteiger partial charge in [0.1, 0.15) is 11.2 Å². The zero-order valence-electron chi connectivity index (χ0n) is 18.0. The van der Waals surface area contributed by atoms with Crippen LogP contribution in [-0.2, 0) is 16.0 Å². The summed E-state index contributed by atoms with van der Waals surface area (Å²) in [5, 5.41) is 5.99. The summed E-state index contributed by atoms with van der Waals surface area (Å²) in [6.07, 6.45) is 1.60. The van der Waals surface area contributed by atoms with Crippen LogP contribution in [0.2, 0.25) is 15.2 Å². The molecule has 0 aliphatic heterocycles. The summed E-state index contributed by atoms with van der Waals surface area (Å²) in [6.45, 7) is 1.83. The second kappa shape index (κ2) is 11.8. The van der Waals surface area contributed by atoms with Crippen molar-refractivity contribution >= 4 is 58.3 Å². The number of ether oxygens (including phenoxy) is 1. The summed E-state index contributed by atoms with van der Waals surface area (Å²) < 4.78 is 5.10. The molecule has 1 unspecified atom stereocenters. The van der Waals surface area contributed by atoms with Crippen LogP contribution >= 0.6 is 34.8 Å². The van der Waals surface area contributed by atoms with Gasteiger partial charge in [-0.25, -0.2) is 9.78 Å². The Hall–Kier alpha value is -3.13. The van der Waals surface area contributed by atoms with Crippen LogP contribution in [0.5, 0.6) is 0 Å². The number of hydrogen-bond acceptors (Lipinski definition) is 5. The van der Waals surface area contributed by atoms with Crippen LogP contribution in [-0.4, -0.2) is 35.4 Å². The van der Waals surface area contributed by atoms with Crippen LogP contribution in [0.25, 0.3) is 0 Å². The Bertz CT molecular complexity index is 1180. The van der Waals surface area contributed by atoms with E-state index in [2.05, 4.69) is 15.6 Å². The van der Waals surface area contributed by atoms with Gasteiger partial charge in [-0.15, -0.1) is 0 Å². The first-order valence-electron chi connectivity index (χ1n) is 10.2. The molecule has 10 heteroatoms. The molecule has 2 amide bonds. The highest BCUT2D eigenvalue weighted by atomic mass is 35.5. The molecule has 176 valence electrons. The van der Waals surface area contributed by atoms with E-state index >= 15 is 0 Å². The molecule has 0 aliphatic carbocycles. The highest BCUT2D eigenvalue weighted by molar-refractivity contribution is 6.40. The van der Waals surface area contributed by atoms with Crippen molar-refractivity contribution < 1.29 is 19.1 Å². The second-order valence-electron chi connectivity index (χ2n) is 7.07. The molecule has 3 aromatic rings. The molecule has 0 bridgehead atoms. The zero-order valence-corrected chi connectivity index (χ0v) is 20.2. The molecule has 7 nitrogen and oxygen atoms in total. The maximum atomic E-state index is 12.6. The summed E-state index contributed by atoms with van der Waals surface area (Å²) >= 11 is 18.2. The van der Waals surface area contributed by atoms with Crippen molar-refractivity contribution in [2.24, 2.45) is 0 Å². The Morgan fingerprint density at radius 2 is 1.62 bits per heavy atom. The maximum absolute atomic E-state index is 12.6. The number of anilines is 1. The molecular weight excluding hydrogens is 501 g/mol. The molecule has 3 rings (SSSR count). The average molecular weight is 521 g/mol. The number of esters is 1. The highest BCUT2D eigenvalue weighted by Gasteiger charge is 2.24. The van der Waals surface area contributed by atoms with E-state index in [1.807, 2.05) is 0 Å². The normalized spacial score (nSPS) is 11.4. The van der Waals surface area contributed by atoms with Gasteiger partial charge in [0.25, 0.3) is 11.8 Å². The van der Waals surface area contributed by atoms with Gasteiger partial charge < -0.3 is 15.4 Å². The fraction of sp³-hybridized carbons (Fsp3) is 0.167. The second-order valence-corrected chi connectivity index (χ2v) is 8.24. The van der Waals surface area contributed by atoms with Gasteiger partial charge in [-0.1, -0.05) is 53.0 Å². The number of para-hydroxylation sites is 1. The molecule has 0 saturated heterocycles. The zero-order chi connectivity index (χ0) is 24.7. The van der Waals surface area contributed by atoms with E-state index in [1.54, 1.807) is 55.5 Å². The minimum absolute atomic E-state index is 0.0246. The maximum Gasteiger partial charge on any atom is 0.328 e. The SMILES string of the molecule is CCOC(=O)C(Cc1ccc(C(=O)Nc2c(Cl)cccc2Cl)cc1)NC(=O)c1cccnc1Cl. The van der Waals surface area contributed by atoms with Crippen LogP contribution in [0.15, 0.2) is 60.8 Å². The van der Waals surface area contributed by atoms with Gasteiger partial charge in [-0.2, -0.15) is 0 Å². The standard InChI is InChI=1S/C24H20Cl3N3O4/c1-2-34-24(33)19(29-23(32)16-5-4-12-28-21(16)27)13-14-8-10-15(11-9-14)22(31)30-20-17(25)6-3-7-18(20)26/h3-12,19H,2,13H2,1H3,(H,29,32)(H,30,31). The average Bonchev–Trinajstić information content (AvgIpc) is 2.82. The predicted molar refractivity (Wildman–Crippen MR) is 132 cm³/mol. The monoisotopic (exact) mass is 519 g/mol. The Morgan fingerprint density at radius 3 is 2.24 bits per heavy atom. The fourth-order valence-electron chi connectivity index (χ4n) is 3.06. The number of rotatable bonds is 8. The third-order valence-corrected chi connectivity index (χ3v) is 5.67. The number of nitrogens with one attached hydrogen (secondary N) is 2. The molecule has 2 N–H and O–H groups in total. The Labute approximate surface area is 211 Å². The summed E-state index contributed by atoms with van der Waals surface area (Å²) in [5.74, 6) is -1.54. The minimum atomic E-state index is -0.967. The number of halogens is 3. The fourth-order valence-corrected chi connectivity index (χ4v) is 3.76. The van der Waals surface area contributed by atoms with E-state index in [1.165, 1.54) is 12.3 Å². The summed E-state index contributed by atoms with van der Waals surface area (Å²) in [6, 6.07) is 13.6. The molecule has 1 heterocycles. The van der Waals surface area contributed by atoms with Gasteiger partial charge in [-0.05, 0) is 48.9 Å². The molecule has 0 aliphatic rings. The van der Waals surface area contributed by atoms with Crippen LogP contribution in [0.1, 0.15) is 33.2 Å². The van der Waals surface area contributed by atoms with Crippen molar-refractivity contribution in [1.82, 2.24) is 10.3 Å². The first kappa shape index (κ1) is 25.5. The van der Waals surface area contributed by atoms with Crippen molar-refractivity contribution in [3.8, 4) is 0 Å². The quantitative estimate of drug-likeness (QED) is 0.314. The van der Waals surface area contributed by atoms with Gasteiger partial charge in [0.05, 0.1) is 27.9 Å². The first-order valence-corrected chi connectivity index (χ1v) is 11.4. The minimum Gasteiger partial charge on any atom is -0.464 e. The lowest BCUT2D eigenvalue weighted by atomic mass is 10.0. The third kappa shape index (κ3) is 6.47. The number of amides is 2. The number of benzene rings is 2. The number of hydrogen-bond donors (Lipinski definition) is 2. The number of aromatic nitrogens is 1. The molecule has 34 heavy (non-hydrogen) atoms. The lowest BCUT2D eigenvalue weighted by molar-refractivity contribution is -0.145. The van der Waals surface area contributed by atoms with E-state index < -0.39 is 23.8 Å². The van der Waals surface area contributed by atoms with E-state index in [-0.39, 0.29) is 23.7 Å². The van der Waals surface area contributed by atoms with Crippen molar-refractivity contribution in [1.29, 1.82) is 0 Å². The van der Waals surface area contributed by atoms with Gasteiger partial charge in [0.15, 0.2) is 0 Å². The molecule has 2 aromatic carbocycles. The lowest BCUT2D eigenvalue weighted by Crippen LogP contribution is -2.43. The molecule has 0 fully saturated rings. The molecular formula is C24H20Cl3N3O4. The molecule has 1 aromatic heterocycles. The number of pyridine rings is 1. The van der Waals surface area contributed by atoms with Crippen LogP contribution in [0.4, 0.5) is 5.69 Å². The smallest absolute Gasteiger partial charge is 0.328 e. The Balaban J connectivity index is 1.73. The van der Waals surface area contributed by atoms with E-state index in [0.29, 0.717) is 26.9 Å². The van der Waals surface area contributed by atoms with Crippen LogP contribution < -0.4 is 10.6 Å². The molecule has 0 saturated carbocycles. The number of carbonyl (C=O) groups is 3. The Kier molecular flexibility index (Phi) is 8.87. The van der Waals surface area contributed by atoms with Crippen molar-refractivity contribution in [2.45, 2.75) is 19.4 Å². The molecule has 0 spiro atoms. The van der Waals surface area contributed by atoms with E-state index in [0.717, 1.165) is 0 Å². The van der Waals surface area contributed by atoms with Crippen LogP contribution in [0.3, 0.4) is 0 Å². The van der Waals surface area contributed by atoms with E-state index in [9.17, 15) is 14.4 Å². The van der Waals surface area contributed by atoms with Crippen molar-refractivity contribution in [3.63, 3.8) is 0 Å².